The number of benzene rings is 2. The number of nitrogens with one attached hydrogen (secondary N) is 1. The van der Waals surface area contributed by atoms with Crippen LogP contribution in [-0.2, 0) is 6.54 Å². The van der Waals surface area contributed by atoms with Crippen LogP contribution in [0.5, 0.6) is 0 Å². The van der Waals surface area contributed by atoms with Crippen LogP contribution in [0.3, 0.4) is 0 Å². The van der Waals surface area contributed by atoms with Gasteiger partial charge >= 0.3 is 0 Å². The average molecular weight is 339 g/mol. The summed E-state index contributed by atoms with van der Waals surface area (Å²) < 4.78 is 15.3. The molecule has 4 N–H and O–H groups in total. The topological polar surface area (TPSA) is 110 Å². The summed E-state index contributed by atoms with van der Waals surface area (Å²) in [5, 5.41) is 17.2. The molecule has 0 saturated heterocycles. The highest BCUT2D eigenvalue weighted by atomic mass is 19.1. The molecule has 0 atom stereocenters. The van der Waals surface area contributed by atoms with Crippen LogP contribution >= 0.6 is 0 Å². The summed E-state index contributed by atoms with van der Waals surface area (Å²) in [5.41, 5.74) is 8.08. The molecule has 126 valence electrons. The quantitative estimate of drug-likeness (QED) is 0.526. The Balaban J connectivity index is 2.00. The number of hydrogen-bond acceptors (Lipinski definition) is 4. The zero-order valence-electron chi connectivity index (χ0n) is 13.0. The minimum atomic E-state index is -0.542. The molecular formula is C17H14FN5O2. The first kappa shape index (κ1) is 15.3. The number of nitrogens with zero attached hydrogens (tertiary/aromatic N) is 3. The van der Waals surface area contributed by atoms with Crippen molar-refractivity contribution in [3.63, 3.8) is 0 Å². The number of halogens is 1. The summed E-state index contributed by atoms with van der Waals surface area (Å²) >= 11 is 0. The number of aromatic amines is 1. The zero-order chi connectivity index (χ0) is 17.6. The number of H-pyrrole nitrogens is 1. The minimum absolute atomic E-state index is 0.135. The third-order valence-corrected chi connectivity index (χ3v) is 4.09. The van der Waals surface area contributed by atoms with Gasteiger partial charge in [0, 0.05) is 17.5 Å². The molecule has 0 radical (unpaired) electrons. The number of carbonyl (C=O) groups excluding carboxylic acids is 1. The van der Waals surface area contributed by atoms with E-state index in [2.05, 4.69) is 15.2 Å². The number of aliphatic hydroxyl groups is 1. The molecule has 0 unspecified atom stereocenters. The van der Waals surface area contributed by atoms with E-state index in [1.807, 2.05) is 0 Å². The molecule has 25 heavy (non-hydrogen) atoms. The Kier molecular flexibility index (Phi) is 3.47. The Morgan fingerprint density at radius 3 is 2.88 bits per heavy atom. The Morgan fingerprint density at radius 2 is 2.12 bits per heavy atom. The second-order valence-corrected chi connectivity index (χ2v) is 5.64. The lowest BCUT2D eigenvalue weighted by Gasteiger charge is -2.06. The van der Waals surface area contributed by atoms with E-state index in [1.54, 1.807) is 28.8 Å². The van der Waals surface area contributed by atoms with Gasteiger partial charge in [-0.3, -0.25) is 9.89 Å². The largest absolute Gasteiger partial charge is 0.395 e. The second kappa shape index (κ2) is 5.67. The first-order valence-electron chi connectivity index (χ1n) is 7.63. The van der Waals surface area contributed by atoms with Crippen LogP contribution in [0.4, 0.5) is 4.39 Å². The second-order valence-electron chi connectivity index (χ2n) is 5.64. The summed E-state index contributed by atoms with van der Waals surface area (Å²) in [5.74, 6) is -0.455. The molecule has 4 aromatic rings. The first-order valence-corrected chi connectivity index (χ1v) is 7.63. The number of hydrogen-bond donors (Lipinski definition) is 3. The molecule has 0 aliphatic rings. The first-order chi connectivity index (χ1) is 12.1. The number of nitrogens with two attached hydrogens (primary N) is 1. The van der Waals surface area contributed by atoms with Gasteiger partial charge in [-0.2, -0.15) is 5.10 Å². The summed E-state index contributed by atoms with van der Waals surface area (Å²) in [6.45, 7) is 0.100. The van der Waals surface area contributed by atoms with Crippen LogP contribution in [0, 0.1) is 5.82 Å². The van der Waals surface area contributed by atoms with Crippen LogP contribution in [0.15, 0.2) is 36.4 Å². The fourth-order valence-electron chi connectivity index (χ4n) is 2.94. The molecular weight excluding hydrogens is 325 g/mol. The van der Waals surface area contributed by atoms with Crippen molar-refractivity contribution in [2.45, 2.75) is 6.54 Å². The molecule has 0 aliphatic heterocycles. The van der Waals surface area contributed by atoms with Gasteiger partial charge in [0.25, 0.3) is 0 Å². The van der Waals surface area contributed by atoms with E-state index in [0.29, 0.717) is 39.0 Å². The molecule has 2 heterocycles. The Bertz CT molecular complexity index is 1120. The number of carbonyl (C=O) groups is 1. The SMILES string of the molecule is NC(=O)c1ccc2[nH]nc(-c3nc4ccc(F)cc4n3CCO)c2c1. The van der Waals surface area contributed by atoms with Gasteiger partial charge in [-0.25, -0.2) is 9.37 Å². The Labute approximate surface area is 140 Å². The predicted molar refractivity (Wildman–Crippen MR) is 90.4 cm³/mol. The van der Waals surface area contributed by atoms with E-state index in [0.717, 1.165) is 0 Å². The molecule has 0 fully saturated rings. The molecule has 0 aliphatic carbocycles. The summed E-state index contributed by atoms with van der Waals surface area (Å²) in [6, 6.07) is 9.23. The summed E-state index contributed by atoms with van der Waals surface area (Å²) in [7, 11) is 0. The normalized spacial score (nSPS) is 11.4. The standard InChI is InChI=1S/C17H14FN5O2/c18-10-2-4-13-14(8-10)23(5-6-24)17(20-13)15-11-7-9(16(19)25)1-3-12(11)21-22-15/h1-4,7-8,24H,5-6H2,(H2,19,25)(H,21,22). The lowest BCUT2D eigenvalue weighted by Crippen LogP contribution is -2.10. The van der Waals surface area contributed by atoms with Gasteiger partial charge in [0.15, 0.2) is 5.82 Å². The van der Waals surface area contributed by atoms with Crippen LogP contribution in [0.2, 0.25) is 0 Å². The van der Waals surface area contributed by atoms with Gasteiger partial charge in [0.2, 0.25) is 5.91 Å². The van der Waals surface area contributed by atoms with Crippen LogP contribution < -0.4 is 5.73 Å². The number of amides is 1. The van der Waals surface area contributed by atoms with Crippen molar-refractivity contribution >= 4 is 27.8 Å². The molecule has 0 saturated carbocycles. The van der Waals surface area contributed by atoms with E-state index >= 15 is 0 Å². The summed E-state index contributed by atoms with van der Waals surface area (Å²) in [4.78, 5) is 16.0. The maximum Gasteiger partial charge on any atom is 0.248 e. The van der Waals surface area contributed by atoms with Gasteiger partial charge in [-0.15, -0.1) is 0 Å². The molecule has 8 heteroatoms. The van der Waals surface area contributed by atoms with E-state index in [9.17, 15) is 14.3 Å². The molecule has 4 rings (SSSR count). The van der Waals surface area contributed by atoms with E-state index < -0.39 is 5.91 Å². The predicted octanol–water partition coefficient (Wildman–Crippen LogP) is 1.81. The highest BCUT2D eigenvalue weighted by Crippen LogP contribution is 2.30. The van der Waals surface area contributed by atoms with Crippen molar-refractivity contribution in [2.75, 3.05) is 6.61 Å². The number of aromatic nitrogens is 4. The zero-order valence-corrected chi connectivity index (χ0v) is 13.0. The van der Waals surface area contributed by atoms with Crippen molar-refractivity contribution in [1.82, 2.24) is 19.7 Å². The van der Waals surface area contributed by atoms with Crippen molar-refractivity contribution in [1.29, 1.82) is 0 Å². The van der Waals surface area contributed by atoms with Crippen molar-refractivity contribution in [3.8, 4) is 11.5 Å². The third kappa shape index (κ3) is 2.43. The summed E-state index contributed by atoms with van der Waals surface area (Å²) in [6.07, 6.45) is 0. The highest BCUT2D eigenvalue weighted by molar-refractivity contribution is 6.00. The number of rotatable bonds is 4. The van der Waals surface area contributed by atoms with Gasteiger partial charge in [-0.1, -0.05) is 0 Å². The molecule has 1 amide bonds. The van der Waals surface area contributed by atoms with Crippen LogP contribution in [0.25, 0.3) is 33.5 Å². The number of fused-ring (bicyclic) bond motifs is 2. The fourth-order valence-corrected chi connectivity index (χ4v) is 2.94. The van der Waals surface area contributed by atoms with Gasteiger partial charge in [-0.05, 0) is 36.4 Å². The lowest BCUT2D eigenvalue weighted by molar-refractivity contribution is 0.100. The molecule has 0 spiro atoms. The van der Waals surface area contributed by atoms with Gasteiger partial charge < -0.3 is 15.4 Å². The molecule has 0 bridgehead atoms. The third-order valence-electron chi connectivity index (χ3n) is 4.09. The van der Waals surface area contributed by atoms with E-state index in [-0.39, 0.29) is 19.0 Å². The number of imidazole rings is 1. The van der Waals surface area contributed by atoms with Gasteiger partial charge in [0.05, 0.1) is 23.2 Å². The fraction of sp³-hybridized carbons (Fsp3) is 0.118. The van der Waals surface area contributed by atoms with E-state index in [1.165, 1.54) is 12.1 Å². The lowest BCUT2D eigenvalue weighted by atomic mass is 10.1. The Hall–Kier alpha value is -3.26. The van der Waals surface area contributed by atoms with Crippen LogP contribution in [0.1, 0.15) is 10.4 Å². The maximum absolute atomic E-state index is 13.6. The van der Waals surface area contributed by atoms with Crippen molar-refractivity contribution in [2.24, 2.45) is 5.73 Å². The van der Waals surface area contributed by atoms with Gasteiger partial charge in [0.1, 0.15) is 11.5 Å². The smallest absolute Gasteiger partial charge is 0.248 e. The highest BCUT2D eigenvalue weighted by Gasteiger charge is 2.18. The van der Waals surface area contributed by atoms with Crippen molar-refractivity contribution in [3.05, 3.63) is 47.8 Å². The van der Waals surface area contributed by atoms with Crippen LogP contribution in [-0.4, -0.2) is 37.4 Å². The number of primary amides is 1. The van der Waals surface area contributed by atoms with E-state index in [4.69, 9.17) is 5.73 Å². The monoisotopic (exact) mass is 339 g/mol. The van der Waals surface area contributed by atoms with Crippen molar-refractivity contribution < 1.29 is 14.3 Å². The molecule has 7 nitrogen and oxygen atoms in total. The average Bonchev–Trinajstić information content (AvgIpc) is 3.16. The maximum atomic E-state index is 13.6. The number of aliphatic hydroxyl groups excluding tert-OH is 1. The Morgan fingerprint density at radius 1 is 1.28 bits per heavy atom. The molecule has 2 aromatic heterocycles. The minimum Gasteiger partial charge on any atom is -0.395 e. The molecule has 2 aromatic carbocycles.